The number of β-amino-alcohol motifs (C(OH)–C–C–N with tert-alkyl or cyclic N) is 2. The standard InChI is InChI=1S/C14H19NO6/c1-19-11-4-8(5-12(20-2)13(11)21-3)14(18)15-6-9(16)10(17)7-15/h4-5,9-10,16-17H,6-7H2,1-3H3. The van der Waals surface area contributed by atoms with Crippen molar-refractivity contribution in [3.8, 4) is 17.2 Å². The van der Waals surface area contributed by atoms with Crippen LogP contribution in [0.2, 0.25) is 0 Å². The van der Waals surface area contributed by atoms with Crippen LogP contribution in [0.15, 0.2) is 12.1 Å². The van der Waals surface area contributed by atoms with E-state index in [1.165, 1.54) is 26.2 Å². The van der Waals surface area contributed by atoms with Crippen LogP contribution in [-0.2, 0) is 0 Å². The summed E-state index contributed by atoms with van der Waals surface area (Å²) in [7, 11) is 4.42. The van der Waals surface area contributed by atoms with Crippen molar-refractivity contribution < 1.29 is 29.2 Å². The van der Waals surface area contributed by atoms with Crippen molar-refractivity contribution >= 4 is 5.91 Å². The Morgan fingerprint density at radius 3 is 1.90 bits per heavy atom. The van der Waals surface area contributed by atoms with Crippen LogP contribution in [0.25, 0.3) is 0 Å². The van der Waals surface area contributed by atoms with Crippen molar-refractivity contribution in [1.82, 2.24) is 4.90 Å². The highest BCUT2D eigenvalue weighted by Gasteiger charge is 2.33. The van der Waals surface area contributed by atoms with Gasteiger partial charge in [-0.2, -0.15) is 0 Å². The Balaban J connectivity index is 2.33. The number of benzene rings is 1. The molecule has 0 aromatic heterocycles. The monoisotopic (exact) mass is 297 g/mol. The highest BCUT2D eigenvalue weighted by Crippen LogP contribution is 2.38. The van der Waals surface area contributed by atoms with E-state index >= 15 is 0 Å². The minimum Gasteiger partial charge on any atom is -0.493 e. The minimum absolute atomic E-state index is 0.0939. The van der Waals surface area contributed by atoms with E-state index in [-0.39, 0.29) is 19.0 Å². The Morgan fingerprint density at radius 1 is 1.05 bits per heavy atom. The number of carbonyl (C=O) groups excluding carboxylic acids is 1. The summed E-state index contributed by atoms with van der Waals surface area (Å²) in [6.45, 7) is 0.188. The van der Waals surface area contributed by atoms with Crippen LogP contribution in [0.4, 0.5) is 0 Å². The lowest BCUT2D eigenvalue weighted by molar-refractivity contribution is 0.0572. The molecule has 1 amide bonds. The van der Waals surface area contributed by atoms with E-state index in [2.05, 4.69) is 0 Å². The second kappa shape index (κ2) is 6.19. The van der Waals surface area contributed by atoms with Gasteiger partial charge >= 0.3 is 0 Å². The number of aliphatic hydroxyl groups is 2. The van der Waals surface area contributed by atoms with E-state index in [1.54, 1.807) is 12.1 Å². The van der Waals surface area contributed by atoms with Gasteiger partial charge in [-0.25, -0.2) is 0 Å². The van der Waals surface area contributed by atoms with Gasteiger partial charge in [0.25, 0.3) is 5.91 Å². The molecule has 2 rings (SSSR count). The summed E-state index contributed by atoms with van der Waals surface area (Å²) < 4.78 is 15.6. The summed E-state index contributed by atoms with van der Waals surface area (Å²) in [4.78, 5) is 13.8. The largest absolute Gasteiger partial charge is 0.493 e. The normalized spacial score (nSPS) is 21.3. The molecule has 2 N–H and O–H groups in total. The van der Waals surface area contributed by atoms with Crippen LogP contribution in [0.1, 0.15) is 10.4 Å². The first-order valence-electron chi connectivity index (χ1n) is 6.47. The lowest BCUT2D eigenvalue weighted by Crippen LogP contribution is -2.29. The molecule has 116 valence electrons. The van der Waals surface area contributed by atoms with E-state index in [0.717, 1.165) is 0 Å². The SMILES string of the molecule is COc1cc(C(=O)N2CC(O)C(O)C2)cc(OC)c1OC. The molecule has 0 spiro atoms. The fourth-order valence-corrected chi connectivity index (χ4v) is 2.32. The second-order valence-electron chi connectivity index (χ2n) is 4.76. The van der Waals surface area contributed by atoms with E-state index in [0.29, 0.717) is 22.8 Å². The van der Waals surface area contributed by atoms with Crippen LogP contribution in [0.3, 0.4) is 0 Å². The molecule has 1 aliphatic heterocycles. The van der Waals surface area contributed by atoms with Crippen molar-refractivity contribution in [3.63, 3.8) is 0 Å². The number of amides is 1. The van der Waals surface area contributed by atoms with Gasteiger partial charge in [-0.05, 0) is 12.1 Å². The molecule has 0 radical (unpaired) electrons. The summed E-state index contributed by atoms with van der Waals surface area (Å²) in [6, 6.07) is 3.08. The quantitative estimate of drug-likeness (QED) is 0.806. The molecule has 21 heavy (non-hydrogen) atoms. The predicted octanol–water partition coefficient (Wildman–Crippen LogP) is -0.110. The zero-order chi connectivity index (χ0) is 15.6. The number of methoxy groups -OCH3 is 3. The van der Waals surface area contributed by atoms with Crippen molar-refractivity contribution in [1.29, 1.82) is 0 Å². The molecule has 2 unspecified atom stereocenters. The summed E-state index contributed by atoms with van der Waals surface area (Å²) >= 11 is 0. The molecule has 1 fully saturated rings. The van der Waals surface area contributed by atoms with Crippen molar-refractivity contribution in [2.75, 3.05) is 34.4 Å². The van der Waals surface area contributed by atoms with Crippen LogP contribution in [-0.4, -0.2) is 67.6 Å². The third-order valence-corrected chi connectivity index (χ3v) is 3.46. The molecule has 1 saturated heterocycles. The van der Waals surface area contributed by atoms with Gasteiger partial charge in [0.2, 0.25) is 5.75 Å². The van der Waals surface area contributed by atoms with Gasteiger partial charge in [-0.3, -0.25) is 4.79 Å². The smallest absolute Gasteiger partial charge is 0.254 e. The molecule has 7 heteroatoms. The maximum Gasteiger partial charge on any atom is 0.254 e. The summed E-state index contributed by atoms with van der Waals surface area (Å²) in [5.41, 5.74) is 0.339. The summed E-state index contributed by atoms with van der Waals surface area (Å²) in [6.07, 6.45) is -1.84. The molecule has 0 bridgehead atoms. The average Bonchev–Trinajstić information content (AvgIpc) is 2.84. The van der Waals surface area contributed by atoms with Gasteiger partial charge in [-0.1, -0.05) is 0 Å². The van der Waals surface area contributed by atoms with Gasteiger partial charge in [0.15, 0.2) is 11.5 Å². The van der Waals surface area contributed by atoms with Crippen molar-refractivity contribution in [2.45, 2.75) is 12.2 Å². The average molecular weight is 297 g/mol. The highest BCUT2D eigenvalue weighted by molar-refractivity contribution is 5.96. The molecule has 1 heterocycles. The summed E-state index contributed by atoms with van der Waals surface area (Å²) in [5, 5.41) is 19.1. The predicted molar refractivity (Wildman–Crippen MR) is 74.0 cm³/mol. The van der Waals surface area contributed by atoms with E-state index < -0.39 is 12.2 Å². The number of hydrogen-bond donors (Lipinski definition) is 2. The Labute approximate surface area is 122 Å². The zero-order valence-corrected chi connectivity index (χ0v) is 12.2. The molecular formula is C14H19NO6. The lowest BCUT2D eigenvalue weighted by atomic mass is 10.1. The Hall–Kier alpha value is -1.99. The Bertz CT molecular complexity index is 497. The Kier molecular flexibility index (Phi) is 4.54. The van der Waals surface area contributed by atoms with E-state index in [9.17, 15) is 15.0 Å². The first-order valence-corrected chi connectivity index (χ1v) is 6.47. The Morgan fingerprint density at radius 2 is 1.52 bits per heavy atom. The fourth-order valence-electron chi connectivity index (χ4n) is 2.32. The number of likely N-dealkylation sites (tertiary alicyclic amines) is 1. The minimum atomic E-state index is -0.920. The molecule has 1 aromatic rings. The number of aliphatic hydroxyl groups excluding tert-OH is 2. The topological polar surface area (TPSA) is 88.5 Å². The number of hydrogen-bond acceptors (Lipinski definition) is 6. The van der Waals surface area contributed by atoms with E-state index in [1.807, 2.05) is 0 Å². The maximum atomic E-state index is 12.4. The number of nitrogens with zero attached hydrogens (tertiary/aromatic N) is 1. The molecule has 0 saturated carbocycles. The van der Waals surface area contributed by atoms with E-state index in [4.69, 9.17) is 14.2 Å². The molecule has 0 aliphatic carbocycles. The number of carbonyl (C=O) groups is 1. The second-order valence-corrected chi connectivity index (χ2v) is 4.76. The van der Waals surface area contributed by atoms with Gasteiger partial charge in [0.05, 0.1) is 33.5 Å². The number of ether oxygens (including phenoxy) is 3. The highest BCUT2D eigenvalue weighted by atomic mass is 16.5. The summed E-state index contributed by atoms with van der Waals surface area (Å²) in [5.74, 6) is 0.837. The van der Waals surface area contributed by atoms with Crippen molar-refractivity contribution in [3.05, 3.63) is 17.7 Å². The maximum absolute atomic E-state index is 12.4. The van der Waals surface area contributed by atoms with Gasteiger partial charge in [-0.15, -0.1) is 0 Å². The lowest BCUT2D eigenvalue weighted by Gasteiger charge is -2.18. The van der Waals surface area contributed by atoms with Crippen molar-refractivity contribution in [2.24, 2.45) is 0 Å². The van der Waals surface area contributed by atoms with Gasteiger partial charge in [0, 0.05) is 18.7 Å². The molecule has 7 nitrogen and oxygen atoms in total. The first kappa shape index (κ1) is 15.4. The first-order chi connectivity index (χ1) is 10.0. The van der Waals surface area contributed by atoms with Gasteiger partial charge < -0.3 is 29.3 Å². The molecule has 1 aliphatic rings. The van der Waals surface area contributed by atoms with Crippen LogP contribution >= 0.6 is 0 Å². The van der Waals surface area contributed by atoms with Crippen LogP contribution in [0, 0.1) is 0 Å². The third-order valence-electron chi connectivity index (χ3n) is 3.46. The third kappa shape index (κ3) is 2.88. The van der Waals surface area contributed by atoms with Crippen LogP contribution < -0.4 is 14.2 Å². The van der Waals surface area contributed by atoms with Crippen LogP contribution in [0.5, 0.6) is 17.2 Å². The fraction of sp³-hybridized carbons (Fsp3) is 0.500. The zero-order valence-electron chi connectivity index (χ0n) is 12.2. The molecule has 1 aromatic carbocycles. The van der Waals surface area contributed by atoms with Gasteiger partial charge in [0.1, 0.15) is 0 Å². The molecular weight excluding hydrogens is 278 g/mol. The number of rotatable bonds is 4. The molecule has 2 atom stereocenters.